The SMILES string of the molecule is Cc1cn2cc(NC(=O)c3ccc(N4CC(C)NC(C)C4)c4nccnc34)nc(Oc3cccc(Cl)c3)c2n1. The van der Waals surface area contributed by atoms with Crippen LogP contribution in [-0.2, 0) is 0 Å². The number of hydrogen-bond donors (Lipinski definition) is 2. The Labute approximate surface area is 230 Å². The van der Waals surface area contributed by atoms with Crippen molar-refractivity contribution in [3.63, 3.8) is 0 Å². The number of benzene rings is 2. The van der Waals surface area contributed by atoms with Crippen LogP contribution < -0.4 is 20.3 Å². The molecule has 1 fully saturated rings. The minimum atomic E-state index is -0.355. The van der Waals surface area contributed by atoms with Crippen molar-refractivity contribution in [3.05, 3.63) is 77.5 Å². The molecule has 39 heavy (non-hydrogen) atoms. The van der Waals surface area contributed by atoms with E-state index < -0.39 is 0 Å². The van der Waals surface area contributed by atoms with Crippen molar-refractivity contribution in [2.75, 3.05) is 23.3 Å². The fourth-order valence-corrected chi connectivity index (χ4v) is 5.23. The summed E-state index contributed by atoms with van der Waals surface area (Å²) in [5.41, 5.74) is 3.88. The second kappa shape index (κ2) is 10.1. The zero-order valence-electron chi connectivity index (χ0n) is 21.7. The molecule has 2 unspecified atom stereocenters. The fourth-order valence-electron chi connectivity index (χ4n) is 5.05. The van der Waals surface area contributed by atoms with Gasteiger partial charge >= 0.3 is 0 Å². The molecule has 0 radical (unpaired) electrons. The fraction of sp³-hybridized carbons (Fsp3) is 0.250. The highest BCUT2D eigenvalue weighted by Crippen LogP contribution is 2.30. The smallest absolute Gasteiger partial charge is 0.265 e. The molecule has 0 spiro atoms. The van der Waals surface area contributed by atoms with Gasteiger partial charge in [-0.25, -0.2) is 4.98 Å². The summed E-state index contributed by atoms with van der Waals surface area (Å²) in [6.45, 7) is 7.87. The molecular weight excluding hydrogens is 516 g/mol. The lowest BCUT2D eigenvalue weighted by Crippen LogP contribution is -2.54. The Bertz CT molecular complexity index is 1690. The van der Waals surface area contributed by atoms with Gasteiger partial charge in [0.25, 0.3) is 11.8 Å². The number of aromatic nitrogens is 5. The van der Waals surface area contributed by atoms with Crippen LogP contribution >= 0.6 is 11.6 Å². The number of carbonyl (C=O) groups is 1. The molecule has 1 saturated heterocycles. The zero-order valence-corrected chi connectivity index (χ0v) is 22.5. The summed E-state index contributed by atoms with van der Waals surface area (Å²) in [5, 5.41) is 6.99. The van der Waals surface area contributed by atoms with Crippen molar-refractivity contribution in [2.45, 2.75) is 32.9 Å². The first-order chi connectivity index (χ1) is 18.8. The Morgan fingerprint density at radius 3 is 2.59 bits per heavy atom. The van der Waals surface area contributed by atoms with Crippen LogP contribution in [0.5, 0.6) is 11.6 Å². The van der Waals surface area contributed by atoms with Gasteiger partial charge in [-0.15, -0.1) is 0 Å². The minimum Gasteiger partial charge on any atom is -0.436 e. The van der Waals surface area contributed by atoms with Crippen LogP contribution in [0.15, 0.2) is 61.2 Å². The number of ether oxygens (including phenoxy) is 1. The quantitative estimate of drug-likeness (QED) is 0.324. The third-order valence-electron chi connectivity index (χ3n) is 6.53. The van der Waals surface area contributed by atoms with Gasteiger partial charge in [0.2, 0.25) is 5.65 Å². The summed E-state index contributed by atoms with van der Waals surface area (Å²) in [4.78, 5) is 34.1. The van der Waals surface area contributed by atoms with E-state index in [0.717, 1.165) is 24.5 Å². The molecule has 3 aromatic heterocycles. The number of rotatable bonds is 5. The van der Waals surface area contributed by atoms with Crippen molar-refractivity contribution in [3.8, 4) is 11.6 Å². The number of aryl methyl sites for hydroxylation is 1. The zero-order chi connectivity index (χ0) is 27.1. The normalized spacial score (nSPS) is 17.5. The predicted molar refractivity (Wildman–Crippen MR) is 151 cm³/mol. The summed E-state index contributed by atoms with van der Waals surface area (Å²) in [6, 6.07) is 11.4. The van der Waals surface area contributed by atoms with E-state index in [9.17, 15) is 4.79 Å². The number of imidazole rings is 1. The average molecular weight is 543 g/mol. The van der Waals surface area contributed by atoms with Crippen LogP contribution in [0.1, 0.15) is 29.9 Å². The molecule has 1 amide bonds. The molecule has 1 aliphatic heterocycles. The topological polar surface area (TPSA) is 110 Å². The van der Waals surface area contributed by atoms with Crippen molar-refractivity contribution < 1.29 is 9.53 Å². The van der Waals surface area contributed by atoms with Crippen molar-refractivity contribution in [2.24, 2.45) is 0 Å². The van der Waals surface area contributed by atoms with Gasteiger partial charge in [0, 0.05) is 48.8 Å². The second-order valence-electron chi connectivity index (χ2n) is 9.82. The largest absolute Gasteiger partial charge is 0.436 e. The van der Waals surface area contributed by atoms with Crippen LogP contribution in [0.3, 0.4) is 0 Å². The van der Waals surface area contributed by atoms with Gasteiger partial charge < -0.3 is 20.3 Å². The molecule has 1 aliphatic rings. The number of fused-ring (bicyclic) bond motifs is 2. The maximum absolute atomic E-state index is 13.5. The molecule has 2 N–H and O–H groups in total. The highest BCUT2D eigenvalue weighted by atomic mass is 35.5. The lowest BCUT2D eigenvalue weighted by molar-refractivity contribution is 0.102. The Balaban J connectivity index is 1.34. The molecule has 0 saturated carbocycles. The van der Waals surface area contributed by atoms with Crippen LogP contribution in [0.25, 0.3) is 16.7 Å². The van der Waals surface area contributed by atoms with E-state index in [1.807, 2.05) is 19.2 Å². The van der Waals surface area contributed by atoms with Gasteiger partial charge in [-0.05, 0) is 51.1 Å². The molecule has 6 rings (SSSR count). The molecule has 11 heteroatoms. The van der Waals surface area contributed by atoms with Gasteiger partial charge in [-0.2, -0.15) is 4.98 Å². The average Bonchev–Trinajstić information content (AvgIpc) is 3.28. The number of hydrogen-bond acceptors (Lipinski definition) is 8. The number of amides is 1. The summed E-state index contributed by atoms with van der Waals surface area (Å²) in [6.07, 6.45) is 6.78. The lowest BCUT2D eigenvalue weighted by atomic mass is 10.1. The molecule has 2 aromatic carbocycles. The Morgan fingerprint density at radius 2 is 1.82 bits per heavy atom. The number of anilines is 2. The third-order valence-corrected chi connectivity index (χ3v) is 6.76. The van der Waals surface area contributed by atoms with Crippen molar-refractivity contribution >= 4 is 45.7 Å². The minimum absolute atomic E-state index is 0.241. The van der Waals surface area contributed by atoms with Gasteiger partial charge in [-0.3, -0.25) is 19.2 Å². The van der Waals surface area contributed by atoms with Gasteiger partial charge in [0.05, 0.1) is 23.1 Å². The van der Waals surface area contributed by atoms with Crippen LogP contribution in [0.4, 0.5) is 11.5 Å². The van der Waals surface area contributed by atoms with Crippen LogP contribution in [0.2, 0.25) is 5.02 Å². The first-order valence-electron chi connectivity index (χ1n) is 12.7. The van der Waals surface area contributed by atoms with E-state index in [0.29, 0.717) is 50.9 Å². The summed E-state index contributed by atoms with van der Waals surface area (Å²) in [7, 11) is 0. The van der Waals surface area contributed by atoms with Crippen LogP contribution in [0, 0.1) is 6.92 Å². The maximum atomic E-state index is 13.5. The van der Waals surface area contributed by atoms with Gasteiger partial charge in [-0.1, -0.05) is 17.7 Å². The molecule has 5 aromatic rings. The molecule has 0 bridgehead atoms. The Hall–Kier alpha value is -4.28. The molecular formula is C28H27ClN8O2. The molecule has 4 heterocycles. The maximum Gasteiger partial charge on any atom is 0.265 e. The molecule has 0 aliphatic carbocycles. The van der Waals surface area contributed by atoms with Crippen molar-refractivity contribution in [1.29, 1.82) is 0 Å². The molecule has 10 nitrogen and oxygen atoms in total. The Morgan fingerprint density at radius 1 is 1.05 bits per heavy atom. The number of piperazine rings is 1. The second-order valence-corrected chi connectivity index (χ2v) is 10.3. The number of halogens is 1. The van der Waals surface area contributed by atoms with E-state index in [-0.39, 0.29) is 11.8 Å². The van der Waals surface area contributed by atoms with Crippen LogP contribution in [-0.4, -0.2) is 55.4 Å². The number of nitrogens with one attached hydrogen (secondary N) is 2. The van der Waals surface area contributed by atoms with Gasteiger partial charge in [0.15, 0.2) is 5.82 Å². The molecule has 198 valence electrons. The van der Waals surface area contributed by atoms with Gasteiger partial charge in [0.1, 0.15) is 16.8 Å². The number of carbonyl (C=O) groups excluding carboxylic acids is 1. The summed E-state index contributed by atoms with van der Waals surface area (Å²) in [5.74, 6) is 0.693. The lowest BCUT2D eigenvalue weighted by Gasteiger charge is -2.38. The monoisotopic (exact) mass is 542 g/mol. The van der Waals surface area contributed by atoms with E-state index in [1.165, 1.54) is 0 Å². The standard InChI is InChI=1S/C28H27ClN8O2/c1-16-12-36(13-17(2)32-16)22-8-7-21(24-25(22)31-10-9-30-24)27(38)34-23-15-37-14-18(3)33-26(37)28(35-23)39-20-6-4-5-19(29)11-20/h4-11,14-17,32H,12-13H2,1-3H3,(H,34,38). The number of nitrogens with zero attached hydrogens (tertiary/aromatic N) is 6. The predicted octanol–water partition coefficient (Wildman–Crippen LogP) is 4.87. The van der Waals surface area contributed by atoms with E-state index in [1.54, 1.807) is 53.3 Å². The first-order valence-corrected chi connectivity index (χ1v) is 13.1. The van der Waals surface area contributed by atoms with E-state index in [4.69, 9.17) is 16.3 Å². The third kappa shape index (κ3) is 5.08. The highest BCUT2D eigenvalue weighted by Gasteiger charge is 2.25. The van der Waals surface area contributed by atoms with E-state index in [2.05, 4.69) is 49.3 Å². The van der Waals surface area contributed by atoms with E-state index >= 15 is 0 Å². The summed E-state index contributed by atoms with van der Waals surface area (Å²) < 4.78 is 7.79. The van der Waals surface area contributed by atoms with Crippen molar-refractivity contribution in [1.82, 2.24) is 29.7 Å². The Kier molecular flexibility index (Phi) is 6.49. The molecule has 2 atom stereocenters. The first kappa shape index (κ1) is 25.0. The summed E-state index contributed by atoms with van der Waals surface area (Å²) >= 11 is 6.13. The highest BCUT2D eigenvalue weighted by molar-refractivity contribution is 6.30.